The first-order valence-corrected chi connectivity index (χ1v) is 14.5. The third-order valence-electron chi connectivity index (χ3n) is 6.16. The van der Waals surface area contributed by atoms with Crippen molar-refractivity contribution in [1.82, 2.24) is 9.21 Å². The predicted molar refractivity (Wildman–Crippen MR) is 151 cm³/mol. The molecule has 8 heteroatoms. The summed E-state index contributed by atoms with van der Waals surface area (Å²) in [5.41, 5.74) is 2.67. The lowest BCUT2D eigenvalue weighted by atomic mass is 10.1. The number of hydrogen-bond donors (Lipinski definition) is 0. The molecule has 3 aromatic carbocycles. The van der Waals surface area contributed by atoms with Gasteiger partial charge in [0, 0.05) is 6.54 Å². The third kappa shape index (κ3) is 6.99. The standard InChI is InChI=1S/C19H18N2O3S.C12H16O2/c1-20(15-16-9-3-2-4-10-16)13-7-8-14-21-19(22)17-11-5-6-12-18(17)25(21,23)24;1-9(2)14-11-7-3-5-10-6-4-8-13-12(10)11/h2-6,9-12H,13-15H2,1H3;3,5,7,9H,4,6,8H2,1-2H3. The lowest BCUT2D eigenvalue weighted by Gasteiger charge is -2.21. The highest BCUT2D eigenvalue weighted by atomic mass is 32.2. The lowest BCUT2D eigenvalue weighted by Crippen LogP contribution is -2.30. The number of para-hydroxylation sites is 1. The van der Waals surface area contributed by atoms with E-state index in [1.165, 1.54) is 23.3 Å². The van der Waals surface area contributed by atoms with Crippen LogP contribution in [0, 0.1) is 11.8 Å². The molecular weight excluding hydrogens is 512 g/mol. The Morgan fingerprint density at radius 3 is 2.49 bits per heavy atom. The molecule has 7 nitrogen and oxygen atoms in total. The zero-order chi connectivity index (χ0) is 27.8. The molecule has 0 unspecified atom stereocenters. The van der Waals surface area contributed by atoms with Crippen LogP contribution in [0.15, 0.2) is 77.7 Å². The number of benzene rings is 3. The van der Waals surface area contributed by atoms with E-state index in [0.717, 1.165) is 41.8 Å². The second-order valence-corrected chi connectivity index (χ2v) is 11.5. The van der Waals surface area contributed by atoms with E-state index in [9.17, 15) is 13.2 Å². The number of carbonyl (C=O) groups is 1. The number of rotatable bonds is 6. The summed E-state index contributed by atoms with van der Waals surface area (Å²) in [4.78, 5) is 14.3. The Balaban J connectivity index is 0.000000212. The Kier molecular flexibility index (Phi) is 9.28. The number of ether oxygens (including phenoxy) is 2. The second kappa shape index (κ2) is 12.8. The van der Waals surface area contributed by atoms with E-state index >= 15 is 0 Å². The van der Waals surface area contributed by atoms with Crippen molar-refractivity contribution in [3.63, 3.8) is 0 Å². The maximum Gasteiger partial charge on any atom is 0.269 e. The molecule has 0 radical (unpaired) electrons. The summed E-state index contributed by atoms with van der Waals surface area (Å²) >= 11 is 0. The van der Waals surface area contributed by atoms with Crippen LogP contribution in [0.3, 0.4) is 0 Å². The summed E-state index contributed by atoms with van der Waals surface area (Å²) in [6, 6.07) is 22.4. The molecule has 0 aromatic heterocycles. The van der Waals surface area contributed by atoms with Crippen molar-refractivity contribution in [2.24, 2.45) is 0 Å². The SMILES string of the molecule is CC(C)Oc1cccc2c1OCCC2.CN(CC#CCN1C(=O)c2ccccc2S1(=O)=O)Cc1ccccc1. The lowest BCUT2D eigenvalue weighted by molar-refractivity contribution is 0.0882. The fourth-order valence-corrected chi connectivity index (χ4v) is 5.83. The summed E-state index contributed by atoms with van der Waals surface area (Å²) in [6.45, 7) is 5.98. The molecular formula is C31H34N2O5S. The summed E-state index contributed by atoms with van der Waals surface area (Å²) in [6.07, 6.45) is 2.41. The van der Waals surface area contributed by atoms with E-state index in [0.29, 0.717) is 6.54 Å². The first-order valence-electron chi connectivity index (χ1n) is 13.0. The van der Waals surface area contributed by atoms with Crippen molar-refractivity contribution >= 4 is 15.9 Å². The first kappa shape index (κ1) is 28.2. The van der Waals surface area contributed by atoms with Gasteiger partial charge in [0.05, 0.1) is 31.4 Å². The van der Waals surface area contributed by atoms with Gasteiger partial charge < -0.3 is 9.47 Å². The van der Waals surface area contributed by atoms with Crippen LogP contribution < -0.4 is 9.47 Å². The molecule has 0 aliphatic carbocycles. The number of carbonyl (C=O) groups excluding carboxylic acids is 1. The van der Waals surface area contributed by atoms with Gasteiger partial charge in [0.1, 0.15) is 4.90 Å². The van der Waals surface area contributed by atoms with E-state index < -0.39 is 15.9 Å². The molecule has 5 rings (SSSR count). The predicted octanol–water partition coefficient (Wildman–Crippen LogP) is 4.77. The Hall–Kier alpha value is -3.80. The highest BCUT2D eigenvalue weighted by Gasteiger charge is 2.40. The number of hydrogen-bond acceptors (Lipinski definition) is 6. The molecule has 0 bridgehead atoms. The molecule has 0 fully saturated rings. The van der Waals surface area contributed by atoms with Crippen molar-refractivity contribution in [2.45, 2.75) is 44.2 Å². The monoisotopic (exact) mass is 546 g/mol. The van der Waals surface area contributed by atoms with Gasteiger partial charge in [0.25, 0.3) is 15.9 Å². The fourth-order valence-electron chi connectivity index (χ4n) is 4.36. The van der Waals surface area contributed by atoms with E-state index in [2.05, 4.69) is 17.9 Å². The van der Waals surface area contributed by atoms with Crippen LogP contribution in [-0.4, -0.2) is 56.4 Å². The van der Waals surface area contributed by atoms with Gasteiger partial charge in [-0.05, 0) is 63.1 Å². The van der Waals surface area contributed by atoms with Crippen molar-refractivity contribution in [3.05, 3.63) is 89.5 Å². The highest BCUT2D eigenvalue weighted by Crippen LogP contribution is 2.35. The van der Waals surface area contributed by atoms with Gasteiger partial charge in [-0.3, -0.25) is 9.69 Å². The largest absolute Gasteiger partial charge is 0.489 e. The Morgan fingerprint density at radius 2 is 1.74 bits per heavy atom. The van der Waals surface area contributed by atoms with Gasteiger partial charge in [-0.2, -0.15) is 0 Å². The maximum atomic E-state index is 12.4. The number of aryl methyl sites for hydroxylation is 1. The van der Waals surface area contributed by atoms with Crippen LogP contribution in [-0.2, 0) is 23.0 Å². The normalized spacial score (nSPS) is 14.9. The highest BCUT2D eigenvalue weighted by molar-refractivity contribution is 7.90. The molecule has 3 aromatic rings. The smallest absolute Gasteiger partial charge is 0.269 e. The minimum absolute atomic E-state index is 0.0583. The van der Waals surface area contributed by atoms with Gasteiger partial charge in [-0.25, -0.2) is 12.7 Å². The maximum absolute atomic E-state index is 12.4. The molecule has 1 amide bonds. The molecule has 0 N–H and O–H groups in total. The van der Waals surface area contributed by atoms with Gasteiger partial charge in [-0.1, -0.05) is 66.4 Å². The summed E-state index contributed by atoms with van der Waals surface area (Å²) in [5, 5.41) is 0. The summed E-state index contributed by atoms with van der Waals surface area (Å²) < 4.78 is 36.9. The molecule has 0 saturated heterocycles. The van der Waals surface area contributed by atoms with E-state index in [1.807, 2.05) is 68.3 Å². The molecule has 0 atom stereocenters. The van der Waals surface area contributed by atoms with E-state index in [1.54, 1.807) is 12.1 Å². The molecule has 39 heavy (non-hydrogen) atoms. The molecule has 0 saturated carbocycles. The number of nitrogens with zero attached hydrogens (tertiary/aromatic N) is 2. The van der Waals surface area contributed by atoms with Crippen LogP contribution in [0.25, 0.3) is 0 Å². The molecule has 2 aliphatic heterocycles. The number of fused-ring (bicyclic) bond motifs is 2. The minimum atomic E-state index is -3.78. The summed E-state index contributed by atoms with van der Waals surface area (Å²) in [7, 11) is -1.84. The van der Waals surface area contributed by atoms with Crippen LogP contribution in [0.2, 0.25) is 0 Å². The van der Waals surface area contributed by atoms with Crippen LogP contribution >= 0.6 is 0 Å². The average molecular weight is 547 g/mol. The molecule has 204 valence electrons. The topological polar surface area (TPSA) is 76.2 Å². The molecule has 2 aliphatic rings. The Morgan fingerprint density at radius 1 is 1.00 bits per heavy atom. The molecule has 0 spiro atoms. The average Bonchev–Trinajstić information content (AvgIpc) is 3.12. The minimum Gasteiger partial charge on any atom is -0.489 e. The number of amides is 1. The summed E-state index contributed by atoms with van der Waals surface area (Å²) in [5.74, 6) is 7.06. The van der Waals surface area contributed by atoms with Crippen molar-refractivity contribution in [2.75, 3.05) is 26.7 Å². The van der Waals surface area contributed by atoms with Gasteiger partial charge in [0.2, 0.25) is 0 Å². The fraction of sp³-hybridized carbons (Fsp3) is 0.323. The third-order valence-corrected chi connectivity index (χ3v) is 7.95. The Labute approximate surface area is 231 Å². The van der Waals surface area contributed by atoms with Crippen LogP contribution in [0.4, 0.5) is 0 Å². The van der Waals surface area contributed by atoms with Gasteiger partial charge >= 0.3 is 0 Å². The Bertz CT molecular complexity index is 1460. The van der Waals surface area contributed by atoms with Crippen molar-refractivity contribution < 1.29 is 22.7 Å². The van der Waals surface area contributed by atoms with Gasteiger partial charge in [0.15, 0.2) is 11.5 Å². The van der Waals surface area contributed by atoms with Crippen LogP contribution in [0.5, 0.6) is 11.5 Å². The van der Waals surface area contributed by atoms with Crippen molar-refractivity contribution in [3.8, 4) is 23.3 Å². The second-order valence-electron chi connectivity index (χ2n) is 9.69. The van der Waals surface area contributed by atoms with E-state index in [4.69, 9.17) is 9.47 Å². The van der Waals surface area contributed by atoms with Crippen LogP contribution in [0.1, 0.15) is 41.8 Å². The quantitative estimate of drug-likeness (QED) is 0.415. The van der Waals surface area contributed by atoms with Gasteiger partial charge in [-0.15, -0.1) is 0 Å². The van der Waals surface area contributed by atoms with E-state index in [-0.39, 0.29) is 23.1 Å². The number of sulfonamides is 1. The van der Waals surface area contributed by atoms with Crippen molar-refractivity contribution in [1.29, 1.82) is 0 Å². The zero-order valence-electron chi connectivity index (χ0n) is 22.6. The zero-order valence-corrected chi connectivity index (χ0v) is 23.4. The molecule has 2 heterocycles. The first-order chi connectivity index (χ1) is 18.8.